The molecular weight excluding hydrogens is 272 g/mol. The van der Waals surface area contributed by atoms with E-state index in [0.29, 0.717) is 18.8 Å². The van der Waals surface area contributed by atoms with Crippen LogP contribution in [-0.4, -0.2) is 29.1 Å². The molecule has 0 heterocycles. The van der Waals surface area contributed by atoms with Crippen LogP contribution in [-0.2, 0) is 9.59 Å². The first-order valence-electron chi connectivity index (χ1n) is 7.83. The molecule has 6 nitrogen and oxygen atoms in total. The summed E-state index contributed by atoms with van der Waals surface area (Å²) in [5.74, 6) is -0.549. The van der Waals surface area contributed by atoms with Gasteiger partial charge in [-0.2, -0.15) is 0 Å². The average Bonchev–Trinajstić information content (AvgIpc) is 2.43. The summed E-state index contributed by atoms with van der Waals surface area (Å²) in [4.78, 5) is 33.6. The number of unbranched alkanes of at least 4 members (excludes halogenated alkanes) is 1. The van der Waals surface area contributed by atoms with E-state index in [0.717, 1.165) is 25.7 Å². The number of carbonyl (C=O) groups is 3. The Kier molecular flexibility index (Phi) is 7.79. The van der Waals surface area contributed by atoms with Crippen LogP contribution in [0, 0.1) is 5.92 Å². The summed E-state index contributed by atoms with van der Waals surface area (Å²) >= 11 is 0. The van der Waals surface area contributed by atoms with Gasteiger partial charge in [-0.15, -0.1) is 0 Å². The SMILES string of the molecule is CCC1CCCC(NC(=O)NC(=O)CCCCC(=O)O)C1. The van der Waals surface area contributed by atoms with Crippen molar-refractivity contribution in [3.8, 4) is 0 Å². The van der Waals surface area contributed by atoms with Gasteiger partial charge < -0.3 is 10.4 Å². The van der Waals surface area contributed by atoms with Crippen LogP contribution in [0.2, 0.25) is 0 Å². The molecule has 0 aromatic heterocycles. The molecule has 1 aliphatic rings. The lowest BCUT2D eigenvalue weighted by molar-refractivity contribution is -0.137. The van der Waals surface area contributed by atoms with Crippen molar-refractivity contribution in [2.75, 3.05) is 0 Å². The van der Waals surface area contributed by atoms with Crippen molar-refractivity contribution in [2.45, 2.75) is 70.8 Å². The Labute approximate surface area is 125 Å². The van der Waals surface area contributed by atoms with Gasteiger partial charge in [0.15, 0.2) is 0 Å². The topological polar surface area (TPSA) is 95.5 Å². The largest absolute Gasteiger partial charge is 0.481 e. The quantitative estimate of drug-likeness (QED) is 0.629. The molecule has 1 saturated carbocycles. The molecule has 0 aliphatic heterocycles. The van der Waals surface area contributed by atoms with Gasteiger partial charge in [0, 0.05) is 18.9 Å². The van der Waals surface area contributed by atoms with Crippen LogP contribution < -0.4 is 10.6 Å². The van der Waals surface area contributed by atoms with Crippen molar-refractivity contribution < 1.29 is 19.5 Å². The molecule has 1 aliphatic carbocycles. The maximum atomic E-state index is 11.7. The molecule has 0 bridgehead atoms. The van der Waals surface area contributed by atoms with Gasteiger partial charge in [0.2, 0.25) is 5.91 Å². The predicted octanol–water partition coefficient (Wildman–Crippen LogP) is 2.43. The van der Waals surface area contributed by atoms with E-state index in [1.807, 2.05) is 0 Å². The van der Waals surface area contributed by atoms with Gasteiger partial charge >= 0.3 is 12.0 Å². The van der Waals surface area contributed by atoms with E-state index in [1.165, 1.54) is 6.42 Å². The number of urea groups is 1. The summed E-state index contributed by atoms with van der Waals surface area (Å²) in [6.45, 7) is 2.16. The number of carbonyl (C=O) groups excluding carboxylic acids is 2. The zero-order valence-electron chi connectivity index (χ0n) is 12.7. The van der Waals surface area contributed by atoms with E-state index >= 15 is 0 Å². The van der Waals surface area contributed by atoms with Gasteiger partial charge in [-0.25, -0.2) is 4.79 Å². The number of imide groups is 1. The van der Waals surface area contributed by atoms with Gasteiger partial charge in [0.25, 0.3) is 0 Å². The van der Waals surface area contributed by atoms with Gasteiger partial charge in [0.05, 0.1) is 0 Å². The van der Waals surface area contributed by atoms with Crippen molar-refractivity contribution >= 4 is 17.9 Å². The van der Waals surface area contributed by atoms with E-state index in [9.17, 15) is 14.4 Å². The minimum Gasteiger partial charge on any atom is -0.481 e. The molecule has 0 radical (unpaired) electrons. The summed E-state index contributed by atoms with van der Waals surface area (Å²) in [6.07, 6.45) is 6.59. The normalized spacial score (nSPS) is 21.6. The summed E-state index contributed by atoms with van der Waals surface area (Å²) in [5.41, 5.74) is 0. The number of carboxylic acids is 1. The second kappa shape index (κ2) is 9.37. The zero-order chi connectivity index (χ0) is 15.7. The molecule has 1 fully saturated rings. The summed E-state index contributed by atoms with van der Waals surface area (Å²) in [6, 6.07) is -0.275. The Hall–Kier alpha value is -1.59. The molecule has 0 spiro atoms. The summed E-state index contributed by atoms with van der Waals surface area (Å²) < 4.78 is 0. The van der Waals surface area contributed by atoms with Crippen LogP contribution in [0.3, 0.4) is 0 Å². The number of nitrogens with one attached hydrogen (secondary N) is 2. The average molecular weight is 298 g/mol. The highest BCUT2D eigenvalue weighted by molar-refractivity contribution is 5.94. The van der Waals surface area contributed by atoms with Crippen LogP contribution >= 0.6 is 0 Å². The Balaban J connectivity index is 2.17. The number of carboxylic acid groups (broad SMARTS) is 1. The fourth-order valence-corrected chi connectivity index (χ4v) is 2.77. The molecule has 120 valence electrons. The number of amides is 3. The number of rotatable bonds is 7. The van der Waals surface area contributed by atoms with Crippen LogP contribution in [0.15, 0.2) is 0 Å². The Morgan fingerprint density at radius 2 is 1.86 bits per heavy atom. The van der Waals surface area contributed by atoms with E-state index in [2.05, 4.69) is 17.6 Å². The first-order chi connectivity index (χ1) is 10.0. The number of aliphatic carboxylic acids is 1. The van der Waals surface area contributed by atoms with Crippen molar-refractivity contribution in [1.29, 1.82) is 0 Å². The third-order valence-electron chi connectivity index (χ3n) is 3.99. The number of hydrogen-bond donors (Lipinski definition) is 3. The fraction of sp³-hybridized carbons (Fsp3) is 0.800. The lowest BCUT2D eigenvalue weighted by Gasteiger charge is -2.28. The fourth-order valence-electron chi connectivity index (χ4n) is 2.77. The van der Waals surface area contributed by atoms with Crippen LogP contribution in [0.25, 0.3) is 0 Å². The van der Waals surface area contributed by atoms with Gasteiger partial charge in [-0.05, 0) is 31.6 Å². The van der Waals surface area contributed by atoms with Crippen molar-refractivity contribution in [2.24, 2.45) is 5.92 Å². The lowest BCUT2D eigenvalue weighted by Crippen LogP contribution is -2.46. The highest BCUT2D eigenvalue weighted by Crippen LogP contribution is 2.26. The first-order valence-corrected chi connectivity index (χ1v) is 7.83. The van der Waals surface area contributed by atoms with Gasteiger partial charge in [-0.1, -0.05) is 26.2 Å². The monoisotopic (exact) mass is 298 g/mol. The van der Waals surface area contributed by atoms with Crippen molar-refractivity contribution in [3.63, 3.8) is 0 Å². The third-order valence-corrected chi connectivity index (χ3v) is 3.99. The standard InChI is InChI=1S/C15H26N2O4/c1-2-11-6-5-7-12(10-11)16-15(21)17-13(18)8-3-4-9-14(19)20/h11-12H,2-10H2,1H3,(H,19,20)(H2,16,17,18,21). The molecule has 2 unspecified atom stereocenters. The molecule has 0 aromatic carbocycles. The van der Waals surface area contributed by atoms with Crippen LogP contribution in [0.4, 0.5) is 4.79 Å². The third kappa shape index (κ3) is 7.68. The highest BCUT2D eigenvalue weighted by Gasteiger charge is 2.22. The predicted molar refractivity (Wildman–Crippen MR) is 78.8 cm³/mol. The first kappa shape index (κ1) is 17.5. The molecule has 3 N–H and O–H groups in total. The highest BCUT2D eigenvalue weighted by atomic mass is 16.4. The molecule has 3 amide bonds. The Bertz CT molecular complexity index is 371. The molecule has 2 atom stereocenters. The number of hydrogen-bond acceptors (Lipinski definition) is 3. The second-order valence-corrected chi connectivity index (χ2v) is 5.76. The lowest BCUT2D eigenvalue weighted by atomic mass is 9.84. The smallest absolute Gasteiger partial charge is 0.321 e. The molecular formula is C15H26N2O4. The van der Waals surface area contributed by atoms with Crippen molar-refractivity contribution in [1.82, 2.24) is 10.6 Å². The molecule has 21 heavy (non-hydrogen) atoms. The molecule has 0 saturated heterocycles. The summed E-state index contributed by atoms with van der Waals surface area (Å²) in [5, 5.41) is 13.7. The summed E-state index contributed by atoms with van der Waals surface area (Å²) in [7, 11) is 0. The van der Waals surface area contributed by atoms with E-state index in [4.69, 9.17) is 5.11 Å². The van der Waals surface area contributed by atoms with Gasteiger partial charge in [0.1, 0.15) is 0 Å². The molecule has 0 aromatic rings. The zero-order valence-corrected chi connectivity index (χ0v) is 12.7. The van der Waals surface area contributed by atoms with E-state index in [-0.39, 0.29) is 24.8 Å². The van der Waals surface area contributed by atoms with Crippen LogP contribution in [0.1, 0.15) is 64.7 Å². The van der Waals surface area contributed by atoms with Crippen molar-refractivity contribution in [3.05, 3.63) is 0 Å². The van der Waals surface area contributed by atoms with Crippen LogP contribution in [0.5, 0.6) is 0 Å². The Morgan fingerprint density at radius 1 is 1.14 bits per heavy atom. The minimum absolute atomic E-state index is 0.0555. The Morgan fingerprint density at radius 3 is 2.52 bits per heavy atom. The minimum atomic E-state index is -0.865. The maximum Gasteiger partial charge on any atom is 0.321 e. The molecule has 1 rings (SSSR count). The second-order valence-electron chi connectivity index (χ2n) is 5.76. The maximum absolute atomic E-state index is 11.7. The van der Waals surface area contributed by atoms with Gasteiger partial charge in [-0.3, -0.25) is 14.9 Å². The van der Waals surface area contributed by atoms with E-state index in [1.54, 1.807) is 0 Å². The molecule has 6 heteroatoms. The van der Waals surface area contributed by atoms with E-state index < -0.39 is 12.0 Å².